The predicted octanol–water partition coefficient (Wildman–Crippen LogP) is 8.71. The van der Waals surface area contributed by atoms with Gasteiger partial charge < -0.3 is 4.42 Å². The van der Waals surface area contributed by atoms with Crippen LogP contribution in [-0.4, -0.2) is 0 Å². The zero-order valence-corrected chi connectivity index (χ0v) is 18.7. The van der Waals surface area contributed by atoms with Crippen molar-refractivity contribution in [1.82, 2.24) is 0 Å². The molecule has 0 aliphatic heterocycles. The third kappa shape index (κ3) is 3.00. The van der Waals surface area contributed by atoms with Crippen LogP contribution in [0.2, 0.25) is 0 Å². The first kappa shape index (κ1) is 19.1. The first-order chi connectivity index (χ1) is 15.5. The van der Waals surface area contributed by atoms with Gasteiger partial charge in [-0.05, 0) is 55.8 Å². The van der Waals surface area contributed by atoms with Crippen LogP contribution in [0.25, 0.3) is 38.9 Å². The molecule has 0 saturated heterocycles. The van der Waals surface area contributed by atoms with E-state index in [9.17, 15) is 0 Å². The van der Waals surface area contributed by atoms with Crippen LogP contribution in [0.1, 0.15) is 48.9 Å². The summed E-state index contributed by atoms with van der Waals surface area (Å²) in [6.45, 7) is 6.68. The smallest absolute Gasteiger partial charge is 0.137 e. The third-order valence-corrected chi connectivity index (χ3v) is 6.75. The topological polar surface area (TPSA) is 13.1 Å². The van der Waals surface area contributed by atoms with E-state index in [2.05, 4.69) is 112 Å². The standard InChI is InChI=1S/C31H26O/c1-31(2,3)29-16-17-32-30(29)24-12-15-28-22(19-24)9-8-21-18-23(11-14-27(21)28)26-13-10-20-6-4-5-7-25(20)26/h4-19,26H,1-3H3. The number of hydrogen-bond donors (Lipinski definition) is 0. The second kappa shape index (κ2) is 6.97. The van der Waals surface area contributed by atoms with Gasteiger partial charge in [-0.1, -0.05) is 99.7 Å². The van der Waals surface area contributed by atoms with Gasteiger partial charge in [0.2, 0.25) is 0 Å². The summed E-state index contributed by atoms with van der Waals surface area (Å²) in [7, 11) is 0. The zero-order valence-electron chi connectivity index (χ0n) is 18.7. The third-order valence-electron chi connectivity index (χ3n) is 6.75. The normalized spacial score (nSPS) is 15.5. The van der Waals surface area contributed by atoms with E-state index in [1.165, 1.54) is 43.8 Å². The SMILES string of the molecule is CC(C)(C)c1ccoc1-c1ccc2c(ccc3cc(C4C=Cc5ccccc54)ccc32)c1. The molecule has 1 heteroatoms. The molecule has 1 aromatic heterocycles. The Labute approximate surface area is 189 Å². The van der Waals surface area contributed by atoms with Crippen LogP contribution in [-0.2, 0) is 5.41 Å². The van der Waals surface area contributed by atoms with E-state index >= 15 is 0 Å². The maximum atomic E-state index is 5.91. The fourth-order valence-corrected chi connectivity index (χ4v) is 5.09. The molecule has 0 spiro atoms. The van der Waals surface area contributed by atoms with Crippen LogP contribution >= 0.6 is 0 Å². The van der Waals surface area contributed by atoms with E-state index in [-0.39, 0.29) is 5.41 Å². The van der Waals surface area contributed by atoms with Gasteiger partial charge in [0.1, 0.15) is 5.76 Å². The predicted molar refractivity (Wildman–Crippen MR) is 135 cm³/mol. The van der Waals surface area contributed by atoms with Crippen molar-refractivity contribution in [3.05, 3.63) is 113 Å². The number of allylic oxidation sites excluding steroid dienone is 1. The quantitative estimate of drug-likeness (QED) is 0.263. The van der Waals surface area contributed by atoms with Crippen molar-refractivity contribution < 1.29 is 4.42 Å². The van der Waals surface area contributed by atoms with Crippen molar-refractivity contribution in [2.45, 2.75) is 32.1 Å². The van der Waals surface area contributed by atoms with Gasteiger partial charge in [-0.3, -0.25) is 0 Å². The molecule has 0 N–H and O–H groups in total. The van der Waals surface area contributed by atoms with Crippen molar-refractivity contribution in [1.29, 1.82) is 0 Å². The Bertz CT molecular complexity index is 1510. The highest BCUT2D eigenvalue weighted by Gasteiger charge is 2.22. The van der Waals surface area contributed by atoms with Crippen LogP contribution in [0.15, 0.2) is 95.6 Å². The van der Waals surface area contributed by atoms with Gasteiger partial charge in [-0.15, -0.1) is 0 Å². The van der Waals surface area contributed by atoms with Gasteiger partial charge in [-0.2, -0.15) is 0 Å². The van der Waals surface area contributed by atoms with Gasteiger partial charge in [0.05, 0.1) is 6.26 Å². The number of hydrogen-bond acceptors (Lipinski definition) is 1. The molecular formula is C31H26O. The summed E-state index contributed by atoms with van der Waals surface area (Å²) < 4.78 is 5.91. The molecule has 32 heavy (non-hydrogen) atoms. The second-order valence-electron chi connectivity index (χ2n) is 9.86. The lowest BCUT2D eigenvalue weighted by Gasteiger charge is -2.18. The van der Waals surface area contributed by atoms with Crippen molar-refractivity contribution >= 4 is 27.6 Å². The van der Waals surface area contributed by atoms with Gasteiger partial charge in [-0.25, -0.2) is 0 Å². The molecule has 0 fully saturated rings. The second-order valence-corrected chi connectivity index (χ2v) is 9.86. The van der Waals surface area contributed by atoms with E-state index in [1.807, 2.05) is 0 Å². The molecule has 0 saturated carbocycles. The molecule has 5 aromatic rings. The maximum Gasteiger partial charge on any atom is 0.137 e. The molecule has 1 unspecified atom stereocenters. The summed E-state index contributed by atoms with van der Waals surface area (Å²) in [6, 6.07) is 28.9. The van der Waals surface area contributed by atoms with Crippen LogP contribution in [0, 0.1) is 0 Å². The molecule has 0 bridgehead atoms. The zero-order chi connectivity index (χ0) is 21.9. The summed E-state index contributed by atoms with van der Waals surface area (Å²) in [5.41, 5.74) is 6.50. The number of fused-ring (bicyclic) bond motifs is 4. The molecule has 6 rings (SSSR count). The van der Waals surface area contributed by atoms with Gasteiger partial charge in [0, 0.05) is 17.0 Å². The fraction of sp³-hybridized carbons (Fsp3) is 0.161. The first-order valence-corrected chi connectivity index (χ1v) is 11.3. The summed E-state index contributed by atoms with van der Waals surface area (Å²) in [5, 5.41) is 5.10. The van der Waals surface area contributed by atoms with Crippen LogP contribution in [0.4, 0.5) is 0 Å². The van der Waals surface area contributed by atoms with Crippen LogP contribution in [0.5, 0.6) is 0 Å². The Morgan fingerprint density at radius 3 is 2.31 bits per heavy atom. The van der Waals surface area contributed by atoms with Crippen LogP contribution < -0.4 is 0 Å². The minimum absolute atomic E-state index is 0.0460. The maximum absolute atomic E-state index is 5.91. The highest BCUT2D eigenvalue weighted by molar-refractivity contribution is 6.08. The Kier molecular flexibility index (Phi) is 4.16. The minimum Gasteiger partial charge on any atom is -0.464 e. The van der Waals surface area contributed by atoms with E-state index in [0.29, 0.717) is 5.92 Å². The van der Waals surface area contributed by atoms with Crippen molar-refractivity contribution in [2.24, 2.45) is 0 Å². The summed E-state index contributed by atoms with van der Waals surface area (Å²) in [6.07, 6.45) is 6.36. The van der Waals surface area contributed by atoms with Gasteiger partial charge in [0.15, 0.2) is 0 Å². The van der Waals surface area contributed by atoms with E-state index in [0.717, 1.165) is 11.3 Å². The molecule has 4 aromatic carbocycles. The average molecular weight is 415 g/mol. The highest BCUT2D eigenvalue weighted by atomic mass is 16.3. The molecule has 1 aliphatic rings. The molecule has 0 amide bonds. The van der Waals surface area contributed by atoms with Crippen molar-refractivity contribution in [2.75, 3.05) is 0 Å². The Balaban J connectivity index is 1.44. The van der Waals surface area contributed by atoms with Crippen molar-refractivity contribution in [3.8, 4) is 11.3 Å². The van der Waals surface area contributed by atoms with E-state index in [1.54, 1.807) is 6.26 Å². The van der Waals surface area contributed by atoms with Gasteiger partial charge in [0.25, 0.3) is 0 Å². The summed E-state index contributed by atoms with van der Waals surface area (Å²) >= 11 is 0. The van der Waals surface area contributed by atoms with Crippen molar-refractivity contribution in [3.63, 3.8) is 0 Å². The number of benzene rings is 4. The molecule has 1 aliphatic carbocycles. The first-order valence-electron chi connectivity index (χ1n) is 11.3. The number of rotatable bonds is 2. The lowest BCUT2D eigenvalue weighted by atomic mass is 9.85. The monoisotopic (exact) mass is 414 g/mol. The summed E-state index contributed by atoms with van der Waals surface area (Å²) in [5.74, 6) is 1.31. The molecular weight excluding hydrogens is 388 g/mol. The highest BCUT2D eigenvalue weighted by Crippen LogP contribution is 2.39. The minimum atomic E-state index is 0.0460. The molecule has 1 heterocycles. The Morgan fingerprint density at radius 1 is 0.750 bits per heavy atom. The Hall–Kier alpha value is -3.58. The molecule has 1 atom stereocenters. The summed E-state index contributed by atoms with van der Waals surface area (Å²) in [4.78, 5) is 0. The lowest BCUT2D eigenvalue weighted by molar-refractivity contribution is 0.550. The fourth-order valence-electron chi connectivity index (χ4n) is 5.09. The van der Waals surface area contributed by atoms with Crippen LogP contribution in [0.3, 0.4) is 0 Å². The molecule has 1 nitrogen and oxygen atoms in total. The lowest BCUT2D eigenvalue weighted by Crippen LogP contribution is -2.10. The largest absolute Gasteiger partial charge is 0.464 e. The molecule has 0 radical (unpaired) electrons. The van der Waals surface area contributed by atoms with E-state index < -0.39 is 0 Å². The number of furan rings is 1. The molecule has 156 valence electrons. The average Bonchev–Trinajstić information content (AvgIpc) is 3.46. The van der Waals surface area contributed by atoms with Gasteiger partial charge >= 0.3 is 0 Å². The van der Waals surface area contributed by atoms with E-state index in [4.69, 9.17) is 4.42 Å². The Morgan fingerprint density at radius 2 is 1.50 bits per heavy atom.